The van der Waals surface area contributed by atoms with E-state index in [2.05, 4.69) is 28.5 Å². The number of aromatic nitrogens is 2. The molecule has 108 valence electrons. The molecule has 1 aromatic rings. The number of aryl methyl sites for hydroxylation is 1. The quantitative estimate of drug-likeness (QED) is 0.889. The zero-order valence-electron chi connectivity index (χ0n) is 11.8. The van der Waals surface area contributed by atoms with Gasteiger partial charge in [0.1, 0.15) is 5.82 Å². The smallest absolute Gasteiger partial charge is 0.257 e. The van der Waals surface area contributed by atoms with Gasteiger partial charge in [0.2, 0.25) is 0 Å². The Hall–Kier alpha value is -0.880. The Balaban J connectivity index is 2.08. The van der Waals surface area contributed by atoms with Gasteiger partial charge >= 0.3 is 0 Å². The first kappa shape index (κ1) is 14.5. The van der Waals surface area contributed by atoms with E-state index in [1.165, 1.54) is 6.20 Å². The third-order valence-corrected chi connectivity index (χ3v) is 5.37. The Kier molecular flexibility index (Phi) is 4.30. The van der Waals surface area contributed by atoms with Gasteiger partial charge in [-0.05, 0) is 31.1 Å². The van der Waals surface area contributed by atoms with E-state index in [1.807, 2.05) is 6.92 Å². The number of sulfonamides is 1. The van der Waals surface area contributed by atoms with E-state index in [4.69, 9.17) is 0 Å². The molecule has 1 heterocycles. The van der Waals surface area contributed by atoms with Gasteiger partial charge in [0.25, 0.3) is 10.0 Å². The van der Waals surface area contributed by atoms with Gasteiger partial charge in [0.15, 0.2) is 5.03 Å². The predicted octanol–water partition coefficient (Wildman–Crippen LogP) is 2.08. The molecule has 3 atom stereocenters. The number of hydrogen-bond donors (Lipinski definition) is 2. The first-order valence-corrected chi connectivity index (χ1v) is 8.47. The molecule has 0 amide bonds. The zero-order valence-corrected chi connectivity index (χ0v) is 12.6. The third kappa shape index (κ3) is 3.36. The molecule has 0 aromatic carbocycles. The van der Waals surface area contributed by atoms with E-state index >= 15 is 0 Å². The molecule has 1 fully saturated rings. The molecule has 6 heteroatoms. The molecule has 1 aliphatic carbocycles. The molecular formula is C13H23N3O2S. The van der Waals surface area contributed by atoms with Gasteiger partial charge in [-0.2, -0.15) is 0 Å². The minimum atomic E-state index is -3.47. The molecule has 2 rings (SSSR count). The van der Waals surface area contributed by atoms with Crippen molar-refractivity contribution in [1.29, 1.82) is 0 Å². The summed E-state index contributed by atoms with van der Waals surface area (Å²) in [5.41, 5.74) is 0. The van der Waals surface area contributed by atoms with Crippen LogP contribution in [0.3, 0.4) is 0 Å². The lowest BCUT2D eigenvalue weighted by atomic mass is 9.80. The van der Waals surface area contributed by atoms with E-state index in [-0.39, 0.29) is 11.1 Å². The number of nitrogens with one attached hydrogen (secondary N) is 2. The topological polar surface area (TPSA) is 74.8 Å². The van der Waals surface area contributed by atoms with Gasteiger partial charge in [-0.25, -0.2) is 18.1 Å². The van der Waals surface area contributed by atoms with Crippen LogP contribution in [0.25, 0.3) is 0 Å². The van der Waals surface area contributed by atoms with Gasteiger partial charge in [0.05, 0.1) is 6.20 Å². The highest BCUT2D eigenvalue weighted by Gasteiger charge is 2.30. The van der Waals surface area contributed by atoms with Crippen molar-refractivity contribution < 1.29 is 8.42 Å². The Labute approximate surface area is 115 Å². The summed E-state index contributed by atoms with van der Waals surface area (Å²) in [6.07, 6.45) is 5.18. The van der Waals surface area contributed by atoms with Crippen LogP contribution >= 0.6 is 0 Å². The van der Waals surface area contributed by atoms with Crippen LogP contribution in [0.2, 0.25) is 0 Å². The molecule has 0 saturated heterocycles. The number of rotatable bonds is 4. The molecule has 3 unspecified atom stereocenters. The Morgan fingerprint density at radius 3 is 2.74 bits per heavy atom. The van der Waals surface area contributed by atoms with Crippen LogP contribution in [0.4, 0.5) is 0 Å². The maximum Gasteiger partial charge on any atom is 0.257 e. The van der Waals surface area contributed by atoms with Crippen molar-refractivity contribution in [2.75, 3.05) is 0 Å². The zero-order chi connectivity index (χ0) is 14.0. The molecule has 0 bridgehead atoms. The highest BCUT2D eigenvalue weighted by Crippen LogP contribution is 2.29. The van der Waals surface area contributed by atoms with Gasteiger partial charge in [-0.3, -0.25) is 0 Å². The summed E-state index contributed by atoms with van der Waals surface area (Å²) in [4.78, 5) is 6.91. The van der Waals surface area contributed by atoms with Crippen molar-refractivity contribution in [3.63, 3.8) is 0 Å². The summed E-state index contributed by atoms with van der Waals surface area (Å²) in [6.45, 7) is 6.28. The fourth-order valence-electron chi connectivity index (χ4n) is 2.76. The van der Waals surface area contributed by atoms with E-state index in [0.717, 1.165) is 19.3 Å². The summed E-state index contributed by atoms with van der Waals surface area (Å²) in [5, 5.41) is 0.176. The van der Waals surface area contributed by atoms with E-state index in [9.17, 15) is 8.42 Å². The predicted molar refractivity (Wildman–Crippen MR) is 74.3 cm³/mol. The number of aromatic amines is 1. The Morgan fingerprint density at radius 2 is 2.16 bits per heavy atom. The van der Waals surface area contributed by atoms with Crippen molar-refractivity contribution >= 4 is 10.0 Å². The lowest BCUT2D eigenvalue weighted by Gasteiger charge is -2.32. The van der Waals surface area contributed by atoms with Gasteiger partial charge in [0, 0.05) is 12.5 Å². The number of H-pyrrole nitrogens is 1. The lowest BCUT2D eigenvalue weighted by Crippen LogP contribution is -2.42. The summed E-state index contributed by atoms with van der Waals surface area (Å²) in [6, 6.07) is 0.0366. The first-order valence-electron chi connectivity index (χ1n) is 6.98. The monoisotopic (exact) mass is 285 g/mol. The largest absolute Gasteiger partial charge is 0.332 e. The highest BCUT2D eigenvalue weighted by molar-refractivity contribution is 7.89. The van der Waals surface area contributed by atoms with Crippen LogP contribution in [0.5, 0.6) is 0 Å². The van der Waals surface area contributed by atoms with Crippen LogP contribution in [0, 0.1) is 11.8 Å². The number of nitrogens with zero attached hydrogens (tertiary/aromatic N) is 1. The fraction of sp³-hybridized carbons (Fsp3) is 0.769. The maximum atomic E-state index is 12.3. The molecule has 0 aliphatic heterocycles. The average Bonchev–Trinajstić information content (AvgIpc) is 2.82. The molecule has 19 heavy (non-hydrogen) atoms. The van der Waals surface area contributed by atoms with Crippen molar-refractivity contribution in [3.8, 4) is 0 Å². The summed E-state index contributed by atoms with van der Waals surface area (Å²) in [7, 11) is -3.47. The summed E-state index contributed by atoms with van der Waals surface area (Å²) < 4.78 is 27.4. The molecule has 2 N–H and O–H groups in total. The minimum absolute atomic E-state index is 0.0366. The second-order valence-electron chi connectivity index (χ2n) is 5.67. The van der Waals surface area contributed by atoms with Crippen molar-refractivity contribution in [2.24, 2.45) is 11.8 Å². The second kappa shape index (κ2) is 5.63. The normalized spacial score (nSPS) is 28.5. The first-order chi connectivity index (χ1) is 8.92. The summed E-state index contributed by atoms with van der Waals surface area (Å²) in [5.74, 6) is 1.77. The number of hydrogen-bond acceptors (Lipinski definition) is 3. The van der Waals surface area contributed by atoms with E-state index in [1.54, 1.807) is 0 Å². The molecule has 5 nitrogen and oxygen atoms in total. The van der Waals surface area contributed by atoms with Crippen molar-refractivity contribution in [3.05, 3.63) is 12.0 Å². The molecule has 1 saturated carbocycles. The van der Waals surface area contributed by atoms with Crippen molar-refractivity contribution in [2.45, 2.75) is 57.5 Å². The molecule has 1 aliphatic rings. The SMILES string of the molecule is CCc1ncc(S(=O)(=O)NC2CCC(C)CC2C)[nH]1. The third-order valence-electron chi connectivity index (χ3n) is 3.97. The highest BCUT2D eigenvalue weighted by atomic mass is 32.2. The van der Waals surface area contributed by atoms with Crippen LogP contribution in [0.1, 0.15) is 45.9 Å². The van der Waals surface area contributed by atoms with Crippen molar-refractivity contribution in [1.82, 2.24) is 14.7 Å². The summed E-state index contributed by atoms with van der Waals surface area (Å²) >= 11 is 0. The van der Waals surface area contributed by atoms with E-state index in [0.29, 0.717) is 24.1 Å². The molecule has 0 radical (unpaired) electrons. The Morgan fingerprint density at radius 1 is 1.42 bits per heavy atom. The number of imidazole rings is 1. The maximum absolute atomic E-state index is 12.3. The lowest BCUT2D eigenvalue weighted by molar-refractivity contribution is 0.249. The van der Waals surface area contributed by atoms with Crippen LogP contribution in [0.15, 0.2) is 11.2 Å². The fourth-order valence-corrected chi connectivity index (χ4v) is 4.08. The second-order valence-corrected chi connectivity index (χ2v) is 7.35. The van der Waals surface area contributed by atoms with Gasteiger partial charge in [-0.15, -0.1) is 0 Å². The molecule has 0 spiro atoms. The van der Waals surface area contributed by atoms with Crippen LogP contribution in [-0.4, -0.2) is 24.4 Å². The van der Waals surface area contributed by atoms with Gasteiger partial charge < -0.3 is 4.98 Å². The standard InChI is InChI=1S/C13H23N3O2S/c1-4-12-14-8-13(15-12)19(17,18)16-11-6-5-9(2)7-10(11)3/h8-11,16H,4-7H2,1-3H3,(H,14,15). The minimum Gasteiger partial charge on any atom is -0.332 e. The Bertz CT molecular complexity index is 524. The van der Waals surface area contributed by atoms with Gasteiger partial charge in [-0.1, -0.05) is 20.8 Å². The van der Waals surface area contributed by atoms with Crippen LogP contribution in [-0.2, 0) is 16.4 Å². The molecular weight excluding hydrogens is 262 g/mol. The van der Waals surface area contributed by atoms with Crippen LogP contribution < -0.4 is 4.72 Å². The molecule has 1 aromatic heterocycles. The average molecular weight is 285 g/mol. The van der Waals surface area contributed by atoms with E-state index < -0.39 is 10.0 Å².